The number of fused-ring (bicyclic) bond motifs is 1. The Balaban J connectivity index is 1.33. The van der Waals surface area contributed by atoms with Gasteiger partial charge in [-0.2, -0.15) is 0 Å². The maximum atomic E-state index is 12.9. The lowest BCUT2D eigenvalue weighted by Gasteiger charge is -2.30. The number of pyridine rings is 1. The Morgan fingerprint density at radius 3 is 2.50 bits per heavy atom. The standard InChI is InChI=1S/C35H36ClN5O3/c1-39-23-38-22-32(39)35(44,26-11-9-24(10-12-26)21-37-15-5-17-41-16-4-8-33(41)42)27-13-14-31-30(19-27)29(20-34(43)40(31)2)25-6-3-7-28(36)18-25/h3,6-7,9-14,18-20,22-23,37,44H,4-5,8,15-17,21H2,1-2H3. The number of hydrogen-bond acceptors (Lipinski definition) is 5. The fourth-order valence-electron chi connectivity index (χ4n) is 6.18. The van der Waals surface area contributed by atoms with Crippen molar-refractivity contribution in [2.24, 2.45) is 14.1 Å². The number of amides is 1. The number of nitrogens with zero attached hydrogens (tertiary/aromatic N) is 4. The third-order valence-corrected chi connectivity index (χ3v) is 8.88. The summed E-state index contributed by atoms with van der Waals surface area (Å²) in [5, 5.41) is 17.5. The minimum atomic E-state index is -1.52. The molecule has 0 radical (unpaired) electrons. The molecule has 8 nitrogen and oxygen atoms in total. The van der Waals surface area contributed by atoms with Crippen molar-refractivity contribution >= 4 is 28.4 Å². The molecule has 0 spiro atoms. The van der Waals surface area contributed by atoms with Gasteiger partial charge in [-0.15, -0.1) is 0 Å². The van der Waals surface area contributed by atoms with Crippen molar-refractivity contribution in [2.75, 3.05) is 19.6 Å². The van der Waals surface area contributed by atoms with Crippen LogP contribution in [-0.2, 0) is 31.0 Å². The molecule has 1 amide bonds. The Hall–Kier alpha value is -4.24. The highest BCUT2D eigenvalue weighted by Crippen LogP contribution is 2.39. The predicted octanol–water partition coefficient (Wildman–Crippen LogP) is 4.98. The van der Waals surface area contributed by atoms with Crippen molar-refractivity contribution in [3.05, 3.63) is 123 Å². The van der Waals surface area contributed by atoms with E-state index in [-0.39, 0.29) is 11.5 Å². The fourth-order valence-corrected chi connectivity index (χ4v) is 6.37. The molecule has 44 heavy (non-hydrogen) atoms. The molecule has 1 unspecified atom stereocenters. The Labute approximate surface area is 261 Å². The Bertz CT molecular complexity index is 1880. The molecule has 2 aromatic heterocycles. The molecule has 0 saturated carbocycles. The molecular formula is C35H36ClN5O3. The molecule has 226 valence electrons. The van der Waals surface area contributed by atoms with Crippen LogP contribution in [0.25, 0.3) is 22.0 Å². The summed E-state index contributed by atoms with van der Waals surface area (Å²) in [6.45, 7) is 3.17. The molecule has 0 aliphatic carbocycles. The minimum Gasteiger partial charge on any atom is -0.374 e. The highest BCUT2D eigenvalue weighted by molar-refractivity contribution is 6.30. The lowest BCUT2D eigenvalue weighted by atomic mass is 9.82. The van der Waals surface area contributed by atoms with Crippen LogP contribution in [-0.4, -0.2) is 49.7 Å². The Kier molecular flexibility index (Phi) is 8.40. The largest absolute Gasteiger partial charge is 0.374 e. The van der Waals surface area contributed by atoms with Crippen LogP contribution in [0, 0.1) is 0 Å². The van der Waals surface area contributed by atoms with Crippen LogP contribution in [0.15, 0.2) is 90.1 Å². The molecular weight excluding hydrogens is 574 g/mol. The van der Waals surface area contributed by atoms with Gasteiger partial charge in [0.2, 0.25) is 5.91 Å². The first kappa shape index (κ1) is 29.8. The highest BCUT2D eigenvalue weighted by Gasteiger charge is 2.37. The van der Waals surface area contributed by atoms with Gasteiger partial charge in [-0.05, 0) is 71.5 Å². The van der Waals surface area contributed by atoms with Gasteiger partial charge in [-0.1, -0.05) is 54.1 Å². The van der Waals surface area contributed by atoms with Gasteiger partial charge in [0.1, 0.15) is 0 Å². The van der Waals surface area contributed by atoms with E-state index in [0.717, 1.165) is 60.1 Å². The number of rotatable bonds is 10. The van der Waals surface area contributed by atoms with E-state index in [1.54, 1.807) is 36.3 Å². The van der Waals surface area contributed by atoms with E-state index in [1.807, 2.05) is 77.2 Å². The third kappa shape index (κ3) is 5.68. The summed E-state index contributed by atoms with van der Waals surface area (Å²) in [4.78, 5) is 31.0. The summed E-state index contributed by atoms with van der Waals surface area (Å²) in [6, 6.07) is 22.7. The normalized spacial score (nSPS) is 14.8. The third-order valence-electron chi connectivity index (χ3n) is 8.64. The van der Waals surface area contributed by atoms with E-state index >= 15 is 0 Å². The second kappa shape index (κ2) is 12.4. The van der Waals surface area contributed by atoms with Crippen LogP contribution < -0.4 is 10.9 Å². The van der Waals surface area contributed by atoms with Crippen LogP contribution in [0.3, 0.4) is 0 Å². The monoisotopic (exact) mass is 609 g/mol. The minimum absolute atomic E-state index is 0.129. The Morgan fingerprint density at radius 2 is 1.80 bits per heavy atom. The molecule has 3 heterocycles. The maximum absolute atomic E-state index is 12.9. The molecule has 1 atom stereocenters. The van der Waals surface area contributed by atoms with Crippen molar-refractivity contribution in [1.29, 1.82) is 0 Å². The molecule has 3 aromatic carbocycles. The van der Waals surface area contributed by atoms with Gasteiger partial charge < -0.3 is 24.5 Å². The van der Waals surface area contributed by atoms with E-state index in [9.17, 15) is 14.7 Å². The van der Waals surface area contributed by atoms with E-state index in [0.29, 0.717) is 34.8 Å². The summed E-state index contributed by atoms with van der Waals surface area (Å²) in [5.41, 5.74) is 3.73. The molecule has 2 N–H and O–H groups in total. The molecule has 6 rings (SSSR count). The Morgan fingerprint density at radius 1 is 1.00 bits per heavy atom. The number of aliphatic hydroxyl groups is 1. The van der Waals surface area contributed by atoms with Crippen LogP contribution in [0.4, 0.5) is 0 Å². The van der Waals surface area contributed by atoms with Crippen molar-refractivity contribution in [2.45, 2.75) is 31.4 Å². The van der Waals surface area contributed by atoms with Crippen LogP contribution in [0.2, 0.25) is 5.02 Å². The number of benzene rings is 3. The van der Waals surface area contributed by atoms with Crippen molar-refractivity contribution in [3.8, 4) is 11.1 Å². The van der Waals surface area contributed by atoms with Crippen molar-refractivity contribution in [3.63, 3.8) is 0 Å². The number of likely N-dealkylation sites (tertiary alicyclic amines) is 1. The first-order valence-electron chi connectivity index (χ1n) is 14.9. The topological polar surface area (TPSA) is 92.4 Å². The van der Waals surface area contributed by atoms with Gasteiger partial charge in [0.05, 0.1) is 23.7 Å². The van der Waals surface area contributed by atoms with Gasteiger partial charge in [0.25, 0.3) is 5.56 Å². The van der Waals surface area contributed by atoms with Crippen LogP contribution in [0.5, 0.6) is 0 Å². The number of imidazole rings is 1. The number of nitrogens with one attached hydrogen (secondary N) is 1. The molecule has 1 saturated heterocycles. The summed E-state index contributed by atoms with van der Waals surface area (Å²) >= 11 is 6.33. The summed E-state index contributed by atoms with van der Waals surface area (Å²) in [7, 11) is 3.61. The molecule has 1 aliphatic heterocycles. The van der Waals surface area contributed by atoms with Gasteiger partial charge in [0, 0.05) is 56.6 Å². The quantitative estimate of drug-likeness (QED) is 0.218. The zero-order valence-electron chi connectivity index (χ0n) is 25.0. The zero-order valence-corrected chi connectivity index (χ0v) is 25.7. The van der Waals surface area contributed by atoms with Gasteiger partial charge in [0.15, 0.2) is 5.60 Å². The molecule has 1 fully saturated rings. The lowest BCUT2D eigenvalue weighted by Crippen LogP contribution is -2.31. The number of halogens is 1. The van der Waals surface area contributed by atoms with Crippen molar-refractivity contribution < 1.29 is 9.90 Å². The first-order chi connectivity index (χ1) is 21.3. The summed E-state index contributed by atoms with van der Waals surface area (Å²) in [5.74, 6) is 0.262. The number of carbonyl (C=O) groups is 1. The predicted molar refractivity (Wildman–Crippen MR) is 174 cm³/mol. The molecule has 1 aliphatic rings. The smallest absolute Gasteiger partial charge is 0.251 e. The second-order valence-corrected chi connectivity index (χ2v) is 11.9. The van der Waals surface area contributed by atoms with Gasteiger partial charge in [-0.3, -0.25) is 9.59 Å². The van der Waals surface area contributed by atoms with Gasteiger partial charge in [-0.25, -0.2) is 4.98 Å². The van der Waals surface area contributed by atoms with Crippen LogP contribution >= 0.6 is 11.6 Å². The van der Waals surface area contributed by atoms with E-state index < -0.39 is 5.60 Å². The van der Waals surface area contributed by atoms with E-state index in [2.05, 4.69) is 10.3 Å². The number of hydrogen-bond donors (Lipinski definition) is 2. The second-order valence-electron chi connectivity index (χ2n) is 11.5. The van der Waals surface area contributed by atoms with Crippen LogP contribution in [0.1, 0.15) is 41.6 Å². The molecule has 5 aromatic rings. The number of aromatic nitrogens is 3. The average Bonchev–Trinajstić information content (AvgIpc) is 3.66. The highest BCUT2D eigenvalue weighted by atomic mass is 35.5. The van der Waals surface area contributed by atoms with E-state index in [1.165, 1.54) is 0 Å². The average molecular weight is 610 g/mol. The molecule has 0 bridgehead atoms. The molecule has 9 heteroatoms. The zero-order chi connectivity index (χ0) is 30.8. The SMILES string of the molecule is Cn1cncc1C(O)(c1ccc(CNCCCN2CCCC2=O)cc1)c1ccc2c(c1)c(-c1cccc(Cl)c1)cc(=O)n2C. The first-order valence-corrected chi connectivity index (χ1v) is 15.3. The number of aryl methyl sites for hydroxylation is 2. The summed E-state index contributed by atoms with van der Waals surface area (Å²) in [6.07, 6.45) is 5.91. The lowest BCUT2D eigenvalue weighted by molar-refractivity contribution is -0.127. The number of carbonyl (C=O) groups excluding carboxylic acids is 1. The summed E-state index contributed by atoms with van der Waals surface area (Å²) < 4.78 is 3.44. The maximum Gasteiger partial charge on any atom is 0.251 e. The van der Waals surface area contributed by atoms with Crippen molar-refractivity contribution in [1.82, 2.24) is 24.3 Å². The van der Waals surface area contributed by atoms with E-state index in [4.69, 9.17) is 11.6 Å². The fraction of sp³-hybridized carbons (Fsp3) is 0.286. The van der Waals surface area contributed by atoms with Gasteiger partial charge >= 0.3 is 0 Å².